The van der Waals surface area contributed by atoms with Crippen molar-refractivity contribution < 1.29 is 0 Å². The molecule has 1 saturated carbocycles. The lowest BCUT2D eigenvalue weighted by molar-refractivity contribution is 0.278. The Morgan fingerprint density at radius 1 is 1.15 bits per heavy atom. The van der Waals surface area contributed by atoms with Crippen molar-refractivity contribution in [2.24, 2.45) is 17.8 Å². The number of hydrogen-bond acceptors (Lipinski definition) is 3. The van der Waals surface area contributed by atoms with E-state index >= 15 is 0 Å². The van der Waals surface area contributed by atoms with Crippen LogP contribution in [0.25, 0.3) is 0 Å². The molecule has 0 spiro atoms. The van der Waals surface area contributed by atoms with Crippen molar-refractivity contribution in [2.75, 3.05) is 20.0 Å². The molecule has 2 aliphatic carbocycles. The summed E-state index contributed by atoms with van der Waals surface area (Å²) in [5.74, 6) is 2.49. The van der Waals surface area contributed by atoms with E-state index < -0.39 is 8.24 Å². The molecule has 1 aliphatic heterocycles. The van der Waals surface area contributed by atoms with E-state index in [1.165, 1.54) is 12.8 Å². The van der Waals surface area contributed by atoms with Gasteiger partial charge in [-0.2, -0.15) is 0 Å². The highest BCUT2D eigenvalue weighted by Gasteiger charge is 2.51. The van der Waals surface area contributed by atoms with Gasteiger partial charge >= 0.3 is 0 Å². The van der Waals surface area contributed by atoms with Crippen molar-refractivity contribution >= 4 is 8.24 Å². The summed E-state index contributed by atoms with van der Waals surface area (Å²) in [5, 5.41) is 6.97. The van der Waals surface area contributed by atoms with Gasteiger partial charge in [0.2, 0.25) is 0 Å². The van der Waals surface area contributed by atoms with Crippen molar-refractivity contribution in [1.29, 1.82) is 0 Å². The number of nitrogens with one attached hydrogen (secondary N) is 2. The van der Waals surface area contributed by atoms with Crippen molar-refractivity contribution in [3.05, 3.63) is 24.3 Å². The first-order valence-corrected chi connectivity index (χ1v) is 11.2. The van der Waals surface area contributed by atoms with Gasteiger partial charge in [-0.1, -0.05) is 50.7 Å². The van der Waals surface area contributed by atoms with E-state index in [4.69, 9.17) is 0 Å². The largest absolute Gasteiger partial charge is 0.299 e. The Balaban J connectivity index is 1.85. The smallest absolute Gasteiger partial charge is 0.129 e. The van der Waals surface area contributed by atoms with E-state index in [1.54, 1.807) is 0 Å². The van der Waals surface area contributed by atoms with Crippen LogP contribution < -0.4 is 10.6 Å². The van der Waals surface area contributed by atoms with Gasteiger partial charge in [0.1, 0.15) is 8.24 Å². The monoisotopic (exact) mass is 291 g/mol. The summed E-state index contributed by atoms with van der Waals surface area (Å²) >= 11 is 0. The standard InChI is InChI=1S/C16H29N3Si/c1-4-13-9-14-7-5-6-8-15(14)16(13)20(2,3)19-11-17-10-18-12-19/h5-8,13-18H,4,9-12H2,1-3H3. The fraction of sp³-hybridized carbons (Fsp3) is 0.750. The average molecular weight is 292 g/mol. The Kier molecular flexibility index (Phi) is 4.18. The van der Waals surface area contributed by atoms with Crippen LogP contribution in [-0.2, 0) is 0 Å². The minimum Gasteiger partial charge on any atom is -0.299 e. The molecule has 0 aromatic rings. The van der Waals surface area contributed by atoms with E-state index in [2.05, 4.69) is 59.5 Å². The minimum atomic E-state index is -1.44. The van der Waals surface area contributed by atoms with Gasteiger partial charge in [0.25, 0.3) is 0 Å². The summed E-state index contributed by atoms with van der Waals surface area (Å²) < 4.78 is 2.72. The second-order valence-electron chi connectivity index (χ2n) is 7.13. The van der Waals surface area contributed by atoms with Crippen LogP contribution in [0.3, 0.4) is 0 Å². The van der Waals surface area contributed by atoms with Gasteiger partial charge in [-0.15, -0.1) is 0 Å². The van der Waals surface area contributed by atoms with Crippen LogP contribution in [0.2, 0.25) is 18.6 Å². The van der Waals surface area contributed by atoms with Crippen LogP contribution in [0.15, 0.2) is 24.3 Å². The lowest BCUT2D eigenvalue weighted by Crippen LogP contribution is -2.63. The zero-order valence-corrected chi connectivity index (χ0v) is 14.1. The van der Waals surface area contributed by atoms with Gasteiger partial charge in [0.15, 0.2) is 0 Å². The van der Waals surface area contributed by atoms with E-state index in [9.17, 15) is 0 Å². The fourth-order valence-corrected chi connectivity index (χ4v) is 9.00. The second-order valence-corrected chi connectivity index (χ2v) is 11.7. The minimum absolute atomic E-state index is 0.786. The third kappa shape index (κ3) is 2.43. The topological polar surface area (TPSA) is 27.3 Å². The molecule has 4 atom stereocenters. The van der Waals surface area contributed by atoms with Crippen molar-refractivity contribution in [1.82, 2.24) is 15.2 Å². The first-order valence-electron chi connectivity index (χ1n) is 8.16. The summed E-state index contributed by atoms with van der Waals surface area (Å²) in [6.45, 7) is 10.6. The van der Waals surface area contributed by atoms with Crippen LogP contribution >= 0.6 is 0 Å². The predicted molar refractivity (Wildman–Crippen MR) is 87.6 cm³/mol. The molecule has 0 radical (unpaired) electrons. The van der Waals surface area contributed by atoms with Crippen LogP contribution in [0.4, 0.5) is 0 Å². The molecular formula is C16H29N3Si. The Labute approximate surface area is 124 Å². The summed E-state index contributed by atoms with van der Waals surface area (Å²) in [5.41, 5.74) is 0.889. The Morgan fingerprint density at radius 2 is 1.85 bits per heavy atom. The van der Waals surface area contributed by atoms with Crippen molar-refractivity contribution in [2.45, 2.75) is 38.4 Å². The molecule has 1 heterocycles. The predicted octanol–water partition coefficient (Wildman–Crippen LogP) is 2.72. The van der Waals surface area contributed by atoms with E-state index in [-0.39, 0.29) is 0 Å². The van der Waals surface area contributed by atoms with Gasteiger partial charge in [0.05, 0.1) is 0 Å². The van der Waals surface area contributed by atoms with Gasteiger partial charge in [-0.05, 0) is 29.7 Å². The first kappa shape index (κ1) is 14.5. The molecule has 3 nitrogen and oxygen atoms in total. The van der Waals surface area contributed by atoms with E-state index in [0.29, 0.717) is 0 Å². The van der Waals surface area contributed by atoms with Crippen molar-refractivity contribution in [3.8, 4) is 0 Å². The lowest BCUT2D eigenvalue weighted by atomic mass is 9.92. The number of allylic oxidation sites excluding steroid dienone is 4. The normalized spacial score (nSPS) is 38.1. The molecule has 0 aromatic heterocycles. The highest BCUT2D eigenvalue weighted by atomic mass is 28.3. The zero-order chi connectivity index (χ0) is 14.2. The summed E-state index contributed by atoms with van der Waals surface area (Å²) in [6, 6.07) is 0. The van der Waals surface area contributed by atoms with Crippen LogP contribution in [0, 0.1) is 17.8 Å². The number of rotatable bonds is 3. The molecule has 2 fully saturated rings. The molecule has 0 amide bonds. The van der Waals surface area contributed by atoms with Crippen LogP contribution in [0.5, 0.6) is 0 Å². The molecule has 1 saturated heterocycles. The molecule has 112 valence electrons. The third-order valence-electron chi connectivity index (χ3n) is 5.81. The molecule has 4 unspecified atom stereocenters. The van der Waals surface area contributed by atoms with Crippen LogP contribution in [0.1, 0.15) is 19.8 Å². The zero-order valence-electron chi connectivity index (χ0n) is 13.1. The average Bonchev–Trinajstić information content (AvgIpc) is 2.87. The number of nitrogens with zero attached hydrogens (tertiary/aromatic N) is 1. The molecule has 3 aliphatic rings. The van der Waals surface area contributed by atoms with Gasteiger partial charge in [0, 0.05) is 20.0 Å². The third-order valence-corrected chi connectivity index (χ3v) is 10.2. The van der Waals surface area contributed by atoms with Gasteiger partial charge < -0.3 is 0 Å². The molecule has 20 heavy (non-hydrogen) atoms. The summed E-state index contributed by atoms with van der Waals surface area (Å²) in [4.78, 5) is 0. The Bertz CT molecular complexity index is 399. The van der Waals surface area contributed by atoms with Gasteiger partial charge in [-0.25, -0.2) is 0 Å². The first-order chi connectivity index (χ1) is 9.64. The molecule has 3 rings (SSSR count). The fourth-order valence-electron chi connectivity index (χ4n) is 4.72. The van der Waals surface area contributed by atoms with E-state index in [0.717, 1.165) is 43.3 Å². The summed E-state index contributed by atoms with van der Waals surface area (Å²) in [6.07, 6.45) is 12.2. The molecule has 4 heteroatoms. The Morgan fingerprint density at radius 3 is 2.55 bits per heavy atom. The van der Waals surface area contributed by atoms with E-state index in [1.807, 2.05) is 0 Å². The Hall–Kier alpha value is -0.423. The maximum absolute atomic E-state index is 3.49. The SMILES string of the molecule is CCC1CC2C=CC=CC2C1[Si](C)(C)N1CNCNC1. The van der Waals surface area contributed by atoms with Crippen LogP contribution in [-0.4, -0.2) is 32.8 Å². The number of hydrogen-bond donors (Lipinski definition) is 2. The molecule has 2 N–H and O–H groups in total. The lowest BCUT2D eigenvalue weighted by Gasteiger charge is -2.47. The maximum Gasteiger partial charge on any atom is 0.129 e. The molecule has 0 bridgehead atoms. The summed E-state index contributed by atoms with van der Waals surface area (Å²) in [7, 11) is -1.44. The number of fused-ring (bicyclic) bond motifs is 1. The van der Waals surface area contributed by atoms with Crippen molar-refractivity contribution in [3.63, 3.8) is 0 Å². The quantitative estimate of drug-likeness (QED) is 0.783. The highest BCUT2D eigenvalue weighted by Crippen LogP contribution is 2.54. The second kappa shape index (κ2) is 5.76. The maximum atomic E-state index is 3.49. The van der Waals surface area contributed by atoms with Gasteiger partial charge in [-0.3, -0.25) is 15.2 Å². The highest BCUT2D eigenvalue weighted by molar-refractivity contribution is 6.76. The molecule has 0 aromatic carbocycles. The molecular weight excluding hydrogens is 262 g/mol.